The fraction of sp³-hybridized carbons (Fsp3) is 0.214. The molecule has 4 rings (SSSR count). The molecular weight excluding hydrogens is 474 g/mol. The third-order valence-electron chi connectivity index (χ3n) is 5.73. The molecule has 0 saturated heterocycles. The molecule has 36 heavy (non-hydrogen) atoms. The Morgan fingerprint density at radius 3 is 2.22 bits per heavy atom. The number of fused-ring (bicyclic) bond motifs is 1. The van der Waals surface area contributed by atoms with E-state index in [1.165, 1.54) is 0 Å². The Morgan fingerprint density at radius 2 is 1.56 bits per heavy atom. The predicted octanol–water partition coefficient (Wildman–Crippen LogP) is 5.34. The Labute approximate surface area is 215 Å². The van der Waals surface area contributed by atoms with Gasteiger partial charge in [-0.15, -0.1) is 0 Å². The second-order valence-electron chi connectivity index (χ2n) is 8.17. The standard InChI is InChI=1S/C28H29N3O4S/c1-4-35-24-13-8-22(9-14-24)29-28(36)31(17-19-5-10-23(33-2)11-6-19)18-21-15-20-7-12-25(34-3)16-26(20)30-27(21)32/h5-16H,4,17-18H2,1-3H3,(H,29,36)(H,30,32). The van der Waals surface area contributed by atoms with Crippen LogP contribution in [0.25, 0.3) is 10.9 Å². The lowest BCUT2D eigenvalue weighted by Gasteiger charge is -2.26. The highest BCUT2D eigenvalue weighted by atomic mass is 32.1. The highest BCUT2D eigenvalue weighted by molar-refractivity contribution is 7.80. The monoisotopic (exact) mass is 503 g/mol. The van der Waals surface area contributed by atoms with Crippen LogP contribution in [-0.4, -0.2) is 35.8 Å². The molecule has 0 aliphatic carbocycles. The number of hydrogen-bond donors (Lipinski definition) is 2. The molecule has 0 fully saturated rings. The number of thiocarbonyl (C=S) groups is 1. The summed E-state index contributed by atoms with van der Waals surface area (Å²) in [6, 6.07) is 22.9. The Morgan fingerprint density at radius 1 is 0.889 bits per heavy atom. The van der Waals surface area contributed by atoms with Crippen molar-refractivity contribution >= 4 is 33.9 Å². The molecule has 1 heterocycles. The SMILES string of the molecule is CCOc1ccc(NC(=S)N(Cc2ccc(OC)cc2)Cc2cc3ccc(OC)cc3[nH]c2=O)cc1. The molecule has 4 aromatic rings. The summed E-state index contributed by atoms with van der Waals surface area (Å²) in [4.78, 5) is 17.9. The van der Waals surface area contributed by atoms with Gasteiger partial charge in [0.2, 0.25) is 0 Å². The number of hydrogen-bond acceptors (Lipinski definition) is 5. The van der Waals surface area contributed by atoms with Crippen molar-refractivity contribution in [3.63, 3.8) is 0 Å². The molecule has 3 aromatic carbocycles. The van der Waals surface area contributed by atoms with Crippen LogP contribution < -0.4 is 25.1 Å². The molecule has 2 N–H and O–H groups in total. The Kier molecular flexibility index (Phi) is 8.07. The fourth-order valence-electron chi connectivity index (χ4n) is 3.83. The minimum atomic E-state index is -0.167. The lowest BCUT2D eigenvalue weighted by molar-refractivity contribution is 0.340. The average molecular weight is 504 g/mol. The molecule has 8 heteroatoms. The molecule has 0 bridgehead atoms. The van der Waals surface area contributed by atoms with E-state index in [2.05, 4.69) is 10.3 Å². The van der Waals surface area contributed by atoms with Crippen molar-refractivity contribution in [1.29, 1.82) is 0 Å². The van der Waals surface area contributed by atoms with Crippen molar-refractivity contribution in [2.45, 2.75) is 20.0 Å². The van der Waals surface area contributed by atoms with Gasteiger partial charge in [0.15, 0.2) is 5.11 Å². The summed E-state index contributed by atoms with van der Waals surface area (Å²) in [7, 11) is 3.24. The molecule has 0 spiro atoms. The molecule has 186 valence electrons. The van der Waals surface area contributed by atoms with Gasteiger partial charge < -0.3 is 29.4 Å². The Bertz CT molecular complexity index is 1390. The summed E-state index contributed by atoms with van der Waals surface area (Å²) >= 11 is 5.79. The predicted molar refractivity (Wildman–Crippen MR) is 147 cm³/mol. The highest BCUT2D eigenvalue weighted by Gasteiger charge is 2.15. The Balaban J connectivity index is 1.60. The van der Waals surface area contributed by atoms with Gasteiger partial charge in [0, 0.05) is 23.9 Å². The van der Waals surface area contributed by atoms with E-state index in [1.54, 1.807) is 14.2 Å². The minimum absolute atomic E-state index is 0.167. The summed E-state index contributed by atoms with van der Waals surface area (Å²) in [5.74, 6) is 2.26. The second kappa shape index (κ2) is 11.6. The van der Waals surface area contributed by atoms with Crippen LogP contribution in [0.4, 0.5) is 5.69 Å². The van der Waals surface area contributed by atoms with Crippen molar-refractivity contribution < 1.29 is 14.2 Å². The summed E-state index contributed by atoms with van der Waals surface area (Å²) in [6.45, 7) is 3.39. The van der Waals surface area contributed by atoms with Gasteiger partial charge in [0.1, 0.15) is 17.2 Å². The smallest absolute Gasteiger partial charge is 0.253 e. The van der Waals surface area contributed by atoms with Gasteiger partial charge in [-0.2, -0.15) is 0 Å². The molecule has 0 atom stereocenters. The number of aromatic nitrogens is 1. The summed E-state index contributed by atoms with van der Waals surface area (Å²) < 4.78 is 16.1. The van der Waals surface area contributed by atoms with Crippen molar-refractivity contribution in [1.82, 2.24) is 9.88 Å². The average Bonchev–Trinajstić information content (AvgIpc) is 2.90. The van der Waals surface area contributed by atoms with E-state index in [0.29, 0.717) is 36.1 Å². The fourth-order valence-corrected chi connectivity index (χ4v) is 4.08. The second-order valence-corrected chi connectivity index (χ2v) is 8.56. The number of rotatable bonds is 9. The van der Waals surface area contributed by atoms with Crippen LogP contribution >= 0.6 is 12.2 Å². The van der Waals surface area contributed by atoms with Gasteiger partial charge >= 0.3 is 0 Å². The molecule has 0 amide bonds. The minimum Gasteiger partial charge on any atom is -0.497 e. The molecule has 0 radical (unpaired) electrons. The first-order valence-electron chi connectivity index (χ1n) is 11.6. The number of methoxy groups -OCH3 is 2. The largest absolute Gasteiger partial charge is 0.497 e. The Hall–Kier alpha value is -4.04. The van der Waals surface area contributed by atoms with E-state index in [1.807, 2.05) is 84.6 Å². The number of nitrogens with zero attached hydrogens (tertiary/aromatic N) is 1. The van der Waals surface area contributed by atoms with Crippen molar-refractivity contribution in [2.24, 2.45) is 0 Å². The van der Waals surface area contributed by atoms with Crippen molar-refractivity contribution in [3.8, 4) is 17.2 Å². The molecule has 0 aliphatic heterocycles. The number of ether oxygens (including phenoxy) is 3. The van der Waals surface area contributed by atoms with Gasteiger partial charge in [0.25, 0.3) is 5.56 Å². The van der Waals surface area contributed by atoms with E-state index in [-0.39, 0.29) is 5.56 Å². The third-order valence-corrected chi connectivity index (χ3v) is 6.09. The molecule has 7 nitrogen and oxygen atoms in total. The van der Waals surface area contributed by atoms with Crippen LogP contribution in [0.15, 0.2) is 77.6 Å². The first-order valence-corrected chi connectivity index (χ1v) is 12.0. The van der Waals surface area contributed by atoms with Crippen LogP contribution in [0, 0.1) is 0 Å². The molecule has 1 aromatic heterocycles. The van der Waals surface area contributed by atoms with Crippen LogP contribution in [0.2, 0.25) is 0 Å². The normalized spacial score (nSPS) is 10.6. The van der Waals surface area contributed by atoms with E-state index in [4.69, 9.17) is 26.4 Å². The number of anilines is 1. The van der Waals surface area contributed by atoms with E-state index < -0.39 is 0 Å². The quantitative estimate of drug-likeness (QED) is 0.299. The number of H-pyrrole nitrogens is 1. The van der Waals surface area contributed by atoms with Crippen molar-refractivity contribution in [3.05, 3.63) is 94.3 Å². The van der Waals surface area contributed by atoms with Gasteiger partial charge in [-0.3, -0.25) is 4.79 Å². The van der Waals surface area contributed by atoms with Crippen LogP contribution in [0.3, 0.4) is 0 Å². The van der Waals surface area contributed by atoms with Gasteiger partial charge in [-0.25, -0.2) is 0 Å². The van der Waals surface area contributed by atoms with Gasteiger partial charge in [-0.05, 0) is 84.7 Å². The number of nitrogens with one attached hydrogen (secondary N) is 2. The zero-order valence-electron chi connectivity index (χ0n) is 20.5. The van der Waals surface area contributed by atoms with E-state index in [9.17, 15) is 4.79 Å². The van der Waals surface area contributed by atoms with Gasteiger partial charge in [0.05, 0.1) is 32.9 Å². The van der Waals surface area contributed by atoms with Crippen LogP contribution in [0.1, 0.15) is 18.1 Å². The van der Waals surface area contributed by atoms with Gasteiger partial charge in [-0.1, -0.05) is 12.1 Å². The van der Waals surface area contributed by atoms with Crippen LogP contribution in [0.5, 0.6) is 17.2 Å². The topological polar surface area (TPSA) is 75.8 Å². The number of pyridine rings is 1. The molecular formula is C28H29N3O4S. The maximum atomic E-state index is 13.0. The van der Waals surface area contributed by atoms with E-state index >= 15 is 0 Å². The summed E-state index contributed by atoms with van der Waals surface area (Å²) in [6.07, 6.45) is 0. The van der Waals surface area contributed by atoms with Crippen LogP contribution in [-0.2, 0) is 13.1 Å². The first kappa shape index (κ1) is 25.1. The summed E-state index contributed by atoms with van der Waals surface area (Å²) in [5.41, 5.74) is 3.03. The maximum absolute atomic E-state index is 13.0. The number of aromatic amines is 1. The lowest BCUT2D eigenvalue weighted by atomic mass is 10.1. The maximum Gasteiger partial charge on any atom is 0.253 e. The first-order chi connectivity index (χ1) is 17.5. The molecule has 0 unspecified atom stereocenters. The number of benzene rings is 3. The third kappa shape index (κ3) is 6.14. The molecule has 0 saturated carbocycles. The lowest BCUT2D eigenvalue weighted by Crippen LogP contribution is -2.35. The highest BCUT2D eigenvalue weighted by Crippen LogP contribution is 2.21. The summed E-state index contributed by atoms with van der Waals surface area (Å²) in [5, 5.41) is 4.72. The van der Waals surface area contributed by atoms with E-state index in [0.717, 1.165) is 33.7 Å². The van der Waals surface area contributed by atoms with Crippen molar-refractivity contribution in [2.75, 3.05) is 26.1 Å². The zero-order valence-corrected chi connectivity index (χ0v) is 21.4. The zero-order chi connectivity index (χ0) is 25.5. The molecule has 0 aliphatic rings.